The lowest BCUT2D eigenvalue weighted by atomic mass is 9.99. The number of ether oxygens (including phenoxy) is 1. The standard InChI is InChI=1S/C15H22ClN3O2/c1-10(19-6-7-21-9-15(19,2)3)14(20)18-13-5-4-11(16)8-12(13)17/h4-5,8,10H,6-7,9,17H2,1-3H3,(H,18,20). The Hall–Kier alpha value is -1.30. The van der Waals surface area contributed by atoms with Crippen molar-refractivity contribution in [1.82, 2.24) is 4.90 Å². The molecule has 2 rings (SSSR count). The average Bonchev–Trinajstić information content (AvgIpc) is 2.40. The van der Waals surface area contributed by atoms with E-state index in [1.54, 1.807) is 18.2 Å². The van der Waals surface area contributed by atoms with Crippen molar-refractivity contribution in [3.05, 3.63) is 23.2 Å². The summed E-state index contributed by atoms with van der Waals surface area (Å²) in [7, 11) is 0. The number of carbonyl (C=O) groups is 1. The number of morpholine rings is 1. The van der Waals surface area contributed by atoms with Crippen LogP contribution in [0.3, 0.4) is 0 Å². The quantitative estimate of drug-likeness (QED) is 0.841. The predicted molar refractivity (Wildman–Crippen MR) is 85.6 cm³/mol. The van der Waals surface area contributed by atoms with Crippen LogP contribution in [0.1, 0.15) is 20.8 Å². The highest BCUT2D eigenvalue weighted by Crippen LogP contribution is 2.25. The molecule has 1 aromatic rings. The Morgan fingerprint density at radius 3 is 2.86 bits per heavy atom. The maximum Gasteiger partial charge on any atom is 0.241 e. The monoisotopic (exact) mass is 311 g/mol. The highest BCUT2D eigenvalue weighted by molar-refractivity contribution is 6.31. The van der Waals surface area contributed by atoms with E-state index in [1.807, 2.05) is 6.92 Å². The molecular formula is C15H22ClN3O2. The van der Waals surface area contributed by atoms with Crippen LogP contribution >= 0.6 is 11.6 Å². The van der Waals surface area contributed by atoms with E-state index >= 15 is 0 Å². The smallest absolute Gasteiger partial charge is 0.241 e. The van der Waals surface area contributed by atoms with Gasteiger partial charge in [0.2, 0.25) is 5.91 Å². The Bertz CT molecular complexity index is 534. The third kappa shape index (κ3) is 3.67. The molecule has 0 bridgehead atoms. The summed E-state index contributed by atoms with van der Waals surface area (Å²) in [5.74, 6) is -0.0843. The summed E-state index contributed by atoms with van der Waals surface area (Å²) in [4.78, 5) is 14.6. The van der Waals surface area contributed by atoms with Crippen LogP contribution in [-0.2, 0) is 9.53 Å². The zero-order valence-electron chi connectivity index (χ0n) is 12.6. The van der Waals surface area contributed by atoms with Gasteiger partial charge in [0.05, 0.1) is 30.6 Å². The van der Waals surface area contributed by atoms with Gasteiger partial charge in [-0.05, 0) is 39.0 Å². The fraction of sp³-hybridized carbons (Fsp3) is 0.533. The fourth-order valence-electron chi connectivity index (χ4n) is 2.61. The maximum absolute atomic E-state index is 12.5. The van der Waals surface area contributed by atoms with Crippen molar-refractivity contribution in [2.45, 2.75) is 32.4 Å². The molecule has 5 nitrogen and oxygen atoms in total. The van der Waals surface area contributed by atoms with Gasteiger partial charge in [0, 0.05) is 17.1 Å². The van der Waals surface area contributed by atoms with E-state index in [1.165, 1.54) is 0 Å². The molecule has 0 saturated carbocycles. The van der Waals surface area contributed by atoms with Crippen molar-refractivity contribution in [3.8, 4) is 0 Å². The lowest BCUT2D eigenvalue weighted by Gasteiger charge is -2.44. The van der Waals surface area contributed by atoms with Crippen LogP contribution in [0.5, 0.6) is 0 Å². The average molecular weight is 312 g/mol. The third-order valence-electron chi connectivity index (χ3n) is 3.83. The lowest BCUT2D eigenvalue weighted by Crippen LogP contribution is -2.59. The lowest BCUT2D eigenvalue weighted by molar-refractivity contribution is -0.129. The van der Waals surface area contributed by atoms with E-state index in [-0.39, 0.29) is 17.5 Å². The Morgan fingerprint density at radius 1 is 1.52 bits per heavy atom. The molecule has 0 radical (unpaired) electrons. The molecule has 1 fully saturated rings. The Kier molecular flexibility index (Phi) is 4.76. The minimum atomic E-state index is -0.265. The molecule has 21 heavy (non-hydrogen) atoms. The van der Waals surface area contributed by atoms with Crippen LogP contribution in [-0.4, -0.2) is 42.1 Å². The Morgan fingerprint density at radius 2 is 2.24 bits per heavy atom. The van der Waals surface area contributed by atoms with E-state index in [0.717, 1.165) is 6.54 Å². The molecule has 0 aromatic heterocycles. The van der Waals surface area contributed by atoms with Gasteiger partial charge in [-0.1, -0.05) is 11.6 Å². The van der Waals surface area contributed by atoms with Gasteiger partial charge in [-0.25, -0.2) is 0 Å². The van der Waals surface area contributed by atoms with Crippen LogP contribution in [0, 0.1) is 0 Å². The molecule has 1 heterocycles. The fourth-order valence-corrected chi connectivity index (χ4v) is 2.79. The van der Waals surface area contributed by atoms with E-state index < -0.39 is 0 Å². The van der Waals surface area contributed by atoms with Gasteiger partial charge in [0.25, 0.3) is 0 Å². The number of carbonyl (C=O) groups excluding carboxylic acids is 1. The van der Waals surface area contributed by atoms with Crippen molar-refractivity contribution >= 4 is 28.9 Å². The van der Waals surface area contributed by atoms with Crippen molar-refractivity contribution in [2.24, 2.45) is 0 Å². The minimum absolute atomic E-state index is 0.0843. The number of halogens is 1. The van der Waals surface area contributed by atoms with Crippen molar-refractivity contribution in [1.29, 1.82) is 0 Å². The van der Waals surface area contributed by atoms with Crippen LogP contribution in [0.2, 0.25) is 5.02 Å². The first-order valence-electron chi connectivity index (χ1n) is 7.01. The number of anilines is 2. The topological polar surface area (TPSA) is 67.6 Å². The van der Waals surface area contributed by atoms with Gasteiger partial charge in [-0.15, -0.1) is 0 Å². The SMILES string of the molecule is CC(C(=O)Nc1ccc(Cl)cc1N)N1CCOCC1(C)C. The molecule has 116 valence electrons. The number of amides is 1. The number of benzene rings is 1. The van der Waals surface area contributed by atoms with E-state index in [9.17, 15) is 4.79 Å². The minimum Gasteiger partial charge on any atom is -0.397 e. The largest absolute Gasteiger partial charge is 0.397 e. The number of nitrogens with two attached hydrogens (primary N) is 1. The summed E-state index contributed by atoms with van der Waals surface area (Å²) in [6.45, 7) is 8.04. The highest BCUT2D eigenvalue weighted by atomic mass is 35.5. The van der Waals surface area contributed by atoms with Crippen molar-refractivity contribution < 1.29 is 9.53 Å². The van der Waals surface area contributed by atoms with Crippen molar-refractivity contribution in [3.63, 3.8) is 0 Å². The first-order valence-corrected chi connectivity index (χ1v) is 7.39. The van der Waals surface area contributed by atoms with E-state index in [2.05, 4.69) is 24.1 Å². The number of rotatable bonds is 3. The second-order valence-electron chi connectivity index (χ2n) is 5.96. The van der Waals surface area contributed by atoms with Crippen LogP contribution in [0.15, 0.2) is 18.2 Å². The number of nitrogen functional groups attached to an aromatic ring is 1. The summed E-state index contributed by atoms with van der Waals surface area (Å²) in [5.41, 5.74) is 6.75. The summed E-state index contributed by atoms with van der Waals surface area (Å²) < 4.78 is 5.49. The zero-order chi connectivity index (χ0) is 15.6. The number of nitrogens with one attached hydrogen (secondary N) is 1. The number of nitrogens with zero attached hydrogens (tertiary/aromatic N) is 1. The summed E-state index contributed by atoms with van der Waals surface area (Å²) in [6, 6.07) is 4.78. The number of hydrogen-bond donors (Lipinski definition) is 2. The molecule has 1 atom stereocenters. The third-order valence-corrected chi connectivity index (χ3v) is 4.06. The molecule has 1 aliphatic rings. The van der Waals surface area contributed by atoms with Gasteiger partial charge < -0.3 is 15.8 Å². The Balaban J connectivity index is 2.08. The second-order valence-corrected chi connectivity index (χ2v) is 6.39. The summed E-state index contributed by atoms with van der Waals surface area (Å²) in [5, 5.41) is 3.42. The van der Waals surface area contributed by atoms with E-state index in [4.69, 9.17) is 22.1 Å². The first kappa shape index (κ1) is 16.1. The van der Waals surface area contributed by atoms with Crippen molar-refractivity contribution in [2.75, 3.05) is 30.8 Å². The molecule has 1 amide bonds. The van der Waals surface area contributed by atoms with E-state index in [0.29, 0.717) is 29.6 Å². The number of hydrogen-bond acceptors (Lipinski definition) is 4. The zero-order valence-corrected chi connectivity index (χ0v) is 13.4. The highest BCUT2D eigenvalue weighted by Gasteiger charge is 2.36. The van der Waals surface area contributed by atoms with Crippen LogP contribution in [0.4, 0.5) is 11.4 Å². The summed E-state index contributed by atoms with van der Waals surface area (Å²) >= 11 is 5.86. The second kappa shape index (κ2) is 6.22. The van der Waals surface area contributed by atoms with Gasteiger partial charge in [-0.2, -0.15) is 0 Å². The summed E-state index contributed by atoms with van der Waals surface area (Å²) in [6.07, 6.45) is 0. The molecule has 1 unspecified atom stereocenters. The predicted octanol–water partition coefficient (Wildman–Crippen LogP) is 2.36. The molecule has 1 aromatic carbocycles. The first-order chi connectivity index (χ1) is 9.81. The Labute approximate surface area is 130 Å². The van der Waals surface area contributed by atoms with Gasteiger partial charge in [0.1, 0.15) is 0 Å². The van der Waals surface area contributed by atoms with Gasteiger partial charge in [0.15, 0.2) is 0 Å². The molecule has 3 N–H and O–H groups in total. The molecule has 6 heteroatoms. The van der Waals surface area contributed by atoms with Gasteiger partial charge in [-0.3, -0.25) is 9.69 Å². The van der Waals surface area contributed by atoms with Crippen LogP contribution < -0.4 is 11.1 Å². The molecule has 1 aliphatic heterocycles. The van der Waals surface area contributed by atoms with Crippen LogP contribution in [0.25, 0.3) is 0 Å². The van der Waals surface area contributed by atoms with Gasteiger partial charge >= 0.3 is 0 Å². The maximum atomic E-state index is 12.5. The molecular weight excluding hydrogens is 290 g/mol. The molecule has 0 aliphatic carbocycles. The molecule has 0 spiro atoms. The molecule has 1 saturated heterocycles. The normalized spacial score (nSPS) is 20.0.